The van der Waals surface area contributed by atoms with Crippen LogP contribution in [-0.4, -0.2) is 71.9 Å². The fraction of sp³-hybridized carbons (Fsp3) is 0.667. The molecular weight excluding hydrogens is 280 g/mol. The molecule has 0 aliphatic rings. The quantitative estimate of drug-likeness (QED) is 0.519. The molecule has 9 nitrogen and oxygen atoms in total. The fourth-order valence-electron chi connectivity index (χ4n) is 1.47. The molecule has 0 saturated heterocycles. The highest BCUT2D eigenvalue weighted by Gasteiger charge is 2.25. The van der Waals surface area contributed by atoms with E-state index in [4.69, 9.17) is 10.8 Å². The van der Waals surface area contributed by atoms with Crippen LogP contribution in [0, 0.1) is 0 Å². The maximum atomic E-state index is 12.0. The summed E-state index contributed by atoms with van der Waals surface area (Å²) in [5.41, 5.74) is 4.93. The van der Waals surface area contributed by atoms with Crippen LogP contribution in [0.25, 0.3) is 0 Å². The van der Waals surface area contributed by atoms with Crippen LogP contribution >= 0.6 is 0 Å². The van der Waals surface area contributed by atoms with Gasteiger partial charge in [0.1, 0.15) is 12.6 Å². The number of primary amides is 1. The van der Waals surface area contributed by atoms with Crippen molar-refractivity contribution in [1.82, 2.24) is 15.1 Å². The van der Waals surface area contributed by atoms with Crippen molar-refractivity contribution in [2.24, 2.45) is 5.73 Å². The van der Waals surface area contributed by atoms with Crippen molar-refractivity contribution in [3.8, 4) is 0 Å². The highest BCUT2D eigenvalue weighted by atomic mass is 16.4. The number of likely N-dealkylation sites (N-methyl/N-ethyl adjacent to an activating group) is 1. The minimum absolute atomic E-state index is 0.171. The third-order valence-electron chi connectivity index (χ3n) is 2.61. The van der Waals surface area contributed by atoms with E-state index in [0.29, 0.717) is 6.42 Å². The first-order valence-corrected chi connectivity index (χ1v) is 6.45. The summed E-state index contributed by atoms with van der Waals surface area (Å²) in [4.78, 5) is 47.9. The Bertz CT molecular complexity index is 410. The number of hydrogen-bond acceptors (Lipinski definition) is 4. The van der Waals surface area contributed by atoms with E-state index in [1.807, 2.05) is 6.92 Å². The van der Waals surface area contributed by atoms with Crippen molar-refractivity contribution < 1.29 is 24.3 Å². The van der Waals surface area contributed by atoms with E-state index in [1.54, 1.807) is 14.1 Å². The predicted molar refractivity (Wildman–Crippen MR) is 74.3 cm³/mol. The van der Waals surface area contributed by atoms with Crippen LogP contribution in [0.2, 0.25) is 0 Å². The molecule has 1 atom stereocenters. The van der Waals surface area contributed by atoms with Crippen LogP contribution < -0.4 is 11.1 Å². The predicted octanol–water partition coefficient (Wildman–Crippen LogP) is -1.18. The molecule has 120 valence electrons. The Morgan fingerprint density at radius 3 is 2.19 bits per heavy atom. The van der Waals surface area contributed by atoms with Gasteiger partial charge in [-0.1, -0.05) is 6.92 Å². The van der Waals surface area contributed by atoms with Crippen molar-refractivity contribution in [2.45, 2.75) is 25.8 Å². The summed E-state index contributed by atoms with van der Waals surface area (Å²) in [6, 6.07) is -2.13. The lowest BCUT2D eigenvalue weighted by molar-refractivity contribution is -0.140. The number of nitrogens with zero attached hydrogens (tertiary/aromatic N) is 2. The Morgan fingerprint density at radius 1 is 1.24 bits per heavy atom. The zero-order chi connectivity index (χ0) is 16.6. The zero-order valence-corrected chi connectivity index (χ0v) is 12.5. The number of hydrogen-bond donors (Lipinski definition) is 3. The van der Waals surface area contributed by atoms with Crippen molar-refractivity contribution in [3.63, 3.8) is 0 Å². The largest absolute Gasteiger partial charge is 0.480 e. The van der Waals surface area contributed by atoms with Gasteiger partial charge in [-0.15, -0.1) is 0 Å². The Kier molecular flexibility index (Phi) is 7.80. The van der Waals surface area contributed by atoms with Crippen LogP contribution in [0.15, 0.2) is 0 Å². The third-order valence-corrected chi connectivity index (χ3v) is 2.61. The maximum absolute atomic E-state index is 12.0. The summed E-state index contributed by atoms with van der Waals surface area (Å²) in [5.74, 6) is -2.49. The minimum atomic E-state index is -1.41. The zero-order valence-electron chi connectivity index (χ0n) is 12.5. The molecule has 0 bridgehead atoms. The molecule has 9 heteroatoms. The maximum Gasteiger partial charge on any atom is 0.326 e. The lowest BCUT2D eigenvalue weighted by Crippen LogP contribution is -2.51. The molecule has 1 unspecified atom stereocenters. The lowest BCUT2D eigenvalue weighted by Gasteiger charge is -2.25. The van der Waals surface area contributed by atoms with Gasteiger partial charge in [-0.2, -0.15) is 0 Å². The summed E-state index contributed by atoms with van der Waals surface area (Å²) in [6.45, 7) is 1.93. The van der Waals surface area contributed by atoms with Gasteiger partial charge in [-0.25, -0.2) is 9.59 Å². The lowest BCUT2D eigenvalue weighted by atomic mass is 10.2. The number of urea groups is 1. The molecule has 0 heterocycles. The van der Waals surface area contributed by atoms with Gasteiger partial charge in [0.15, 0.2) is 0 Å². The van der Waals surface area contributed by atoms with Crippen molar-refractivity contribution in [2.75, 3.05) is 27.2 Å². The van der Waals surface area contributed by atoms with Crippen molar-refractivity contribution in [1.29, 1.82) is 0 Å². The topological polar surface area (TPSA) is 133 Å². The molecular formula is C12H22N4O5. The van der Waals surface area contributed by atoms with Gasteiger partial charge in [0.2, 0.25) is 11.8 Å². The highest BCUT2D eigenvalue weighted by molar-refractivity contribution is 5.89. The van der Waals surface area contributed by atoms with Crippen LogP contribution in [0.3, 0.4) is 0 Å². The number of nitrogens with two attached hydrogens (primary N) is 1. The summed E-state index contributed by atoms with van der Waals surface area (Å²) < 4.78 is 0. The first-order chi connectivity index (χ1) is 9.68. The van der Waals surface area contributed by atoms with Gasteiger partial charge in [0.05, 0.1) is 6.42 Å². The monoisotopic (exact) mass is 302 g/mol. The number of rotatable bonds is 8. The number of aliphatic carboxylic acids is 1. The second-order valence-electron chi connectivity index (χ2n) is 4.72. The molecule has 0 aromatic carbocycles. The number of amides is 4. The highest BCUT2D eigenvalue weighted by Crippen LogP contribution is 1.99. The van der Waals surface area contributed by atoms with Crippen molar-refractivity contribution in [3.05, 3.63) is 0 Å². The van der Waals surface area contributed by atoms with Crippen LogP contribution in [-0.2, 0) is 14.4 Å². The van der Waals surface area contributed by atoms with Gasteiger partial charge >= 0.3 is 12.0 Å². The van der Waals surface area contributed by atoms with Gasteiger partial charge in [-0.05, 0) is 6.42 Å². The number of carboxylic acids is 1. The van der Waals surface area contributed by atoms with E-state index < -0.39 is 30.4 Å². The molecule has 0 saturated carbocycles. The SMILES string of the molecule is CCCN(CC(=O)N(C)C)C(=O)NC(CC(N)=O)C(=O)O. The molecule has 4 amide bonds. The number of carbonyl (C=O) groups is 4. The van der Waals surface area contributed by atoms with E-state index in [2.05, 4.69) is 5.32 Å². The summed E-state index contributed by atoms with van der Waals surface area (Å²) in [6.07, 6.45) is 0.0877. The van der Waals surface area contributed by atoms with E-state index >= 15 is 0 Å². The Hall–Kier alpha value is -2.32. The average Bonchev–Trinajstić information content (AvgIpc) is 2.36. The van der Waals surface area contributed by atoms with E-state index in [-0.39, 0.29) is 19.0 Å². The van der Waals surface area contributed by atoms with E-state index in [9.17, 15) is 19.2 Å². The molecule has 0 aliphatic carbocycles. The summed E-state index contributed by atoms with van der Waals surface area (Å²) in [7, 11) is 3.11. The Balaban J connectivity index is 4.82. The van der Waals surface area contributed by atoms with Crippen LogP contribution in [0.1, 0.15) is 19.8 Å². The molecule has 0 aliphatic heterocycles. The molecule has 0 aromatic heterocycles. The number of carbonyl (C=O) groups excluding carboxylic acids is 3. The first kappa shape index (κ1) is 18.7. The van der Waals surface area contributed by atoms with Crippen LogP contribution in [0.5, 0.6) is 0 Å². The average molecular weight is 302 g/mol. The smallest absolute Gasteiger partial charge is 0.326 e. The molecule has 21 heavy (non-hydrogen) atoms. The third kappa shape index (κ3) is 7.14. The second-order valence-corrected chi connectivity index (χ2v) is 4.72. The molecule has 0 radical (unpaired) electrons. The second kappa shape index (κ2) is 8.77. The molecule has 0 rings (SSSR count). The Morgan fingerprint density at radius 2 is 1.81 bits per heavy atom. The molecule has 0 spiro atoms. The van der Waals surface area contributed by atoms with Gasteiger partial charge in [0, 0.05) is 20.6 Å². The number of carboxylic acid groups (broad SMARTS) is 1. The first-order valence-electron chi connectivity index (χ1n) is 6.45. The fourth-order valence-corrected chi connectivity index (χ4v) is 1.47. The number of nitrogens with one attached hydrogen (secondary N) is 1. The van der Waals surface area contributed by atoms with Gasteiger partial charge in [0.25, 0.3) is 0 Å². The van der Waals surface area contributed by atoms with Crippen LogP contribution in [0.4, 0.5) is 4.79 Å². The molecule has 4 N–H and O–H groups in total. The van der Waals surface area contributed by atoms with Gasteiger partial charge < -0.3 is 26.0 Å². The van der Waals surface area contributed by atoms with Gasteiger partial charge in [-0.3, -0.25) is 9.59 Å². The minimum Gasteiger partial charge on any atom is -0.480 e. The summed E-state index contributed by atoms with van der Waals surface area (Å²) >= 11 is 0. The van der Waals surface area contributed by atoms with E-state index in [1.165, 1.54) is 9.80 Å². The summed E-state index contributed by atoms with van der Waals surface area (Å²) in [5, 5.41) is 11.1. The normalized spacial score (nSPS) is 11.4. The van der Waals surface area contributed by atoms with Crippen molar-refractivity contribution >= 4 is 23.8 Å². The van der Waals surface area contributed by atoms with E-state index in [0.717, 1.165) is 0 Å². The molecule has 0 aromatic rings. The standard InChI is InChI=1S/C12H22N4O5/c1-4-5-16(7-10(18)15(2)3)12(21)14-8(11(19)20)6-9(13)17/h8H,4-7H2,1-3H3,(H2,13,17)(H,14,21)(H,19,20). The Labute approximate surface area is 123 Å². The molecule has 0 fully saturated rings.